The van der Waals surface area contributed by atoms with E-state index in [4.69, 9.17) is 9.47 Å². The Morgan fingerprint density at radius 1 is 1.57 bits per heavy atom. The zero-order chi connectivity index (χ0) is 15.2. The third kappa shape index (κ3) is 4.18. The van der Waals surface area contributed by atoms with E-state index >= 15 is 0 Å². The molecule has 1 aliphatic rings. The molecule has 0 radical (unpaired) electrons. The summed E-state index contributed by atoms with van der Waals surface area (Å²) in [5.41, 5.74) is 1.06. The highest BCUT2D eigenvalue weighted by Crippen LogP contribution is 2.25. The Bertz CT molecular complexity index is 496. The number of rotatable bonds is 5. The van der Waals surface area contributed by atoms with Gasteiger partial charge in [0.05, 0.1) is 20.3 Å². The van der Waals surface area contributed by atoms with Crippen LogP contribution in [-0.2, 0) is 16.1 Å². The molecular formula is C15H21BrN2O3. The van der Waals surface area contributed by atoms with E-state index in [-0.39, 0.29) is 11.9 Å². The maximum Gasteiger partial charge on any atom is 0.239 e. The fraction of sp³-hybridized carbons (Fsp3) is 0.533. The Labute approximate surface area is 133 Å². The van der Waals surface area contributed by atoms with Gasteiger partial charge in [0.2, 0.25) is 5.91 Å². The Morgan fingerprint density at radius 2 is 2.38 bits per heavy atom. The Balaban J connectivity index is 2.15. The van der Waals surface area contributed by atoms with Gasteiger partial charge in [0.15, 0.2) is 0 Å². The molecule has 0 aliphatic carbocycles. The highest BCUT2D eigenvalue weighted by Gasteiger charge is 2.29. The Kier molecular flexibility index (Phi) is 6.02. The van der Waals surface area contributed by atoms with Crippen LogP contribution < -0.4 is 10.1 Å². The molecule has 1 aromatic carbocycles. The summed E-state index contributed by atoms with van der Waals surface area (Å²) in [6, 6.07) is 5.66. The summed E-state index contributed by atoms with van der Waals surface area (Å²) in [4.78, 5) is 14.3. The smallest absolute Gasteiger partial charge is 0.239 e. The van der Waals surface area contributed by atoms with Crippen molar-refractivity contribution in [2.75, 3.05) is 33.4 Å². The van der Waals surface area contributed by atoms with Crippen molar-refractivity contribution in [3.8, 4) is 5.75 Å². The van der Waals surface area contributed by atoms with E-state index in [2.05, 4.69) is 26.1 Å². The predicted octanol–water partition coefficient (Wildman–Crippen LogP) is 1.79. The number of hydrogen-bond donors (Lipinski definition) is 1. The normalized spacial score (nSPS) is 19.3. The largest absolute Gasteiger partial charge is 0.496 e. The number of likely N-dealkylation sites (N-methyl/N-ethyl adjacent to an activating group) is 1. The van der Waals surface area contributed by atoms with Crippen LogP contribution in [0, 0.1) is 0 Å². The summed E-state index contributed by atoms with van der Waals surface area (Å²) in [5, 5.41) is 2.87. The number of methoxy groups -OCH3 is 1. The summed E-state index contributed by atoms with van der Waals surface area (Å²) in [7, 11) is 1.66. The molecule has 1 aromatic rings. The van der Waals surface area contributed by atoms with Gasteiger partial charge in [-0.05, 0) is 25.1 Å². The molecule has 116 valence electrons. The molecule has 21 heavy (non-hydrogen) atoms. The maximum absolute atomic E-state index is 12.1. The number of hydrogen-bond acceptors (Lipinski definition) is 4. The molecule has 1 aliphatic heterocycles. The van der Waals surface area contributed by atoms with E-state index in [0.717, 1.165) is 22.3 Å². The van der Waals surface area contributed by atoms with Gasteiger partial charge in [-0.25, -0.2) is 0 Å². The zero-order valence-electron chi connectivity index (χ0n) is 12.4. The first kappa shape index (κ1) is 16.3. The van der Waals surface area contributed by atoms with E-state index in [0.29, 0.717) is 26.3 Å². The van der Waals surface area contributed by atoms with Gasteiger partial charge in [-0.3, -0.25) is 9.69 Å². The van der Waals surface area contributed by atoms with Crippen molar-refractivity contribution in [2.24, 2.45) is 0 Å². The van der Waals surface area contributed by atoms with Gasteiger partial charge in [0.25, 0.3) is 0 Å². The van der Waals surface area contributed by atoms with Crippen LogP contribution in [0.1, 0.15) is 12.5 Å². The molecule has 1 atom stereocenters. The number of nitrogens with zero attached hydrogens (tertiary/aromatic N) is 1. The molecule has 0 saturated carbocycles. The molecule has 1 heterocycles. The van der Waals surface area contributed by atoms with Gasteiger partial charge in [0, 0.05) is 29.7 Å². The molecule has 1 N–H and O–H groups in total. The minimum absolute atomic E-state index is 0.0196. The topological polar surface area (TPSA) is 50.8 Å². The fourth-order valence-electron chi connectivity index (χ4n) is 2.45. The van der Waals surface area contributed by atoms with Crippen LogP contribution in [0.4, 0.5) is 0 Å². The predicted molar refractivity (Wildman–Crippen MR) is 84.4 cm³/mol. The van der Waals surface area contributed by atoms with Crippen LogP contribution in [0.25, 0.3) is 0 Å². The van der Waals surface area contributed by atoms with Crippen molar-refractivity contribution < 1.29 is 14.3 Å². The second kappa shape index (κ2) is 7.77. The SMILES string of the molecule is CCNC(=O)C1COCCN1Cc1cc(Br)ccc1OC. The first-order valence-electron chi connectivity index (χ1n) is 7.07. The number of carbonyl (C=O) groups excluding carboxylic acids is 1. The number of morpholine rings is 1. The molecular weight excluding hydrogens is 336 g/mol. The zero-order valence-corrected chi connectivity index (χ0v) is 14.0. The highest BCUT2D eigenvalue weighted by atomic mass is 79.9. The second-order valence-corrected chi connectivity index (χ2v) is 5.83. The van der Waals surface area contributed by atoms with E-state index in [1.165, 1.54) is 0 Å². The number of amides is 1. The van der Waals surface area contributed by atoms with Crippen molar-refractivity contribution in [3.05, 3.63) is 28.2 Å². The summed E-state index contributed by atoms with van der Waals surface area (Å²) in [6.07, 6.45) is 0. The van der Waals surface area contributed by atoms with Gasteiger partial charge in [-0.1, -0.05) is 15.9 Å². The molecule has 0 spiro atoms. The first-order chi connectivity index (χ1) is 10.2. The van der Waals surface area contributed by atoms with Crippen molar-refractivity contribution in [1.82, 2.24) is 10.2 Å². The van der Waals surface area contributed by atoms with Crippen LogP contribution in [0.3, 0.4) is 0 Å². The fourth-order valence-corrected chi connectivity index (χ4v) is 2.86. The summed E-state index contributed by atoms with van der Waals surface area (Å²) < 4.78 is 11.9. The van der Waals surface area contributed by atoms with E-state index < -0.39 is 0 Å². The Morgan fingerprint density at radius 3 is 3.10 bits per heavy atom. The number of nitrogens with one attached hydrogen (secondary N) is 1. The summed E-state index contributed by atoms with van der Waals surface area (Å²) >= 11 is 3.48. The summed E-state index contributed by atoms with van der Waals surface area (Å²) in [6.45, 7) is 5.02. The van der Waals surface area contributed by atoms with Gasteiger partial charge < -0.3 is 14.8 Å². The van der Waals surface area contributed by atoms with E-state index in [1.54, 1.807) is 7.11 Å². The van der Waals surface area contributed by atoms with Crippen LogP contribution in [0.15, 0.2) is 22.7 Å². The molecule has 1 unspecified atom stereocenters. The standard InChI is InChI=1S/C15H21BrN2O3/c1-3-17-15(19)13-10-21-7-6-18(13)9-11-8-12(16)4-5-14(11)20-2/h4-5,8,13H,3,6-7,9-10H2,1-2H3,(H,17,19). The molecule has 6 heteroatoms. The van der Waals surface area contributed by atoms with Crippen LogP contribution in [0.5, 0.6) is 5.75 Å². The van der Waals surface area contributed by atoms with Gasteiger partial charge in [0.1, 0.15) is 11.8 Å². The average molecular weight is 357 g/mol. The van der Waals surface area contributed by atoms with Crippen molar-refractivity contribution in [1.29, 1.82) is 0 Å². The minimum Gasteiger partial charge on any atom is -0.496 e. The highest BCUT2D eigenvalue weighted by molar-refractivity contribution is 9.10. The van der Waals surface area contributed by atoms with E-state index in [9.17, 15) is 4.79 Å². The van der Waals surface area contributed by atoms with Gasteiger partial charge in [-0.15, -0.1) is 0 Å². The lowest BCUT2D eigenvalue weighted by Crippen LogP contribution is -2.53. The van der Waals surface area contributed by atoms with Crippen molar-refractivity contribution in [3.63, 3.8) is 0 Å². The molecule has 1 fully saturated rings. The lowest BCUT2D eigenvalue weighted by Gasteiger charge is -2.34. The monoisotopic (exact) mass is 356 g/mol. The van der Waals surface area contributed by atoms with Crippen LogP contribution in [-0.4, -0.2) is 50.3 Å². The second-order valence-electron chi connectivity index (χ2n) is 4.91. The molecule has 1 saturated heterocycles. The molecule has 2 rings (SSSR count). The lowest BCUT2D eigenvalue weighted by molar-refractivity contribution is -0.132. The van der Waals surface area contributed by atoms with Crippen molar-refractivity contribution >= 4 is 21.8 Å². The van der Waals surface area contributed by atoms with Crippen LogP contribution in [0.2, 0.25) is 0 Å². The lowest BCUT2D eigenvalue weighted by atomic mass is 10.1. The van der Waals surface area contributed by atoms with E-state index in [1.807, 2.05) is 25.1 Å². The molecule has 0 bridgehead atoms. The third-order valence-corrected chi connectivity index (χ3v) is 4.00. The minimum atomic E-state index is -0.248. The number of carbonyl (C=O) groups is 1. The summed E-state index contributed by atoms with van der Waals surface area (Å²) in [5.74, 6) is 0.852. The molecule has 1 amide bonds. The molecule has 0 aromatic heterocycles. The van der Waals surface area contributed by atoms with Gasteiger partial charge in [-0.2, -0.15) is 0 Å². The first-order valence-corrected chi connectivity index (χ1v) is 7.87. The van der Waals surface area contributed by atoms with Crippen LogP contribution >= 0.6 is 15.9 Å². The number of benzene rings is 1. The van der Waals surface area contributed by atoms with Crippen molar-refractivity contribution in [2.45, 2.75) is 19.5 Å². The average Bonchev–Trinajstić information content (AvgIpc) is 2.48. The quantitative estimate of drug-likeness (QED) is 0.873. The number of ether oxygens (including phenoxy) is 2. The maximum atomic E-state index is 12.1. The Hall–Kier alpha value is -1.11. The third-order valence-electron chi connectivity index (χ3n) is 3.51. The molecule has 5 nitrogen and oxygen atoms in total. The number of halogens is 1. The van der Waals surface area contributed by atoms with Gasteiger partial charge >= 0.3 is 0 Å².